The third kappa shape index (κ3) is 10.4. The number of aliphatic carboxylic acids is 3. The van der Waals surface area contributed by atoms with Crippen LogP contribution in [0.3, 0.4) is 0 Å². The van der Waals surface area contributed by atoms with E-state index in [1.165, 1.54) is 0 Å². The minimum atomic E-state index is -1.01. The molecule has 40 heavy (non-hydrogen) atoms. The highest BCUT2D eigenvalue weighted by Gasteiger charge is 2.21. The lowest BCUT2D eigenvalue weighted by molar-refractivity contribution is -0.140. The molecule has 1 aromatic heterocycles. The Morgan fingerprint density at radius 1 is 0.725 bits per heavy atom. The molecule has 0 unspecified atom stereocenters. The number of rotatable bonds is 11. The van der Waals surface area contributed by atoms with Crippen molar-refractivity contribution >= 4 is 34.7 Å². The molecule has 0 aliphatic carbocycles. The summed E-state index contributed by atoms with van der Waals surface area (Å²) in [5.41, 5.74) is 1.85. The van der Waals surface area contributed by atoms with Gasteiger partial charge in [-0.15, -0.1) is 0 Å². The second-order valence-electron chi connectivity index (χ2n) is 9.93. The molecule has 0 bridgehead atoms. The summed E-state index contributed by atoms with van der Waals surface area (Å²) in [7, 11) is 0. The van der Waals surface area contributed by atoms with Gasteiger partial charge in [-0.05, 0) is 30.2 Å². The van der Waals surface area contributed by atoms with E-state index in [4.69, 9.17) is 0 Å². The molecule has 1 aromatic carbocycles. The van der Waals surface area contributed by atoms with Crippen LogP contribution in [0.25, 0.3) is 10.9 Å². The van der Waals surface area contributed by atoms with Gasteiger partial charge in [0, 0.05) is 76.0 Å². The zero-order valence-corrected chi connectivity index (χ0v) is 22.4. The molecule has 1 aliphatic rings. The quantitative estimate of drug-likeness (QED) is 0.196. The van der Waals surface area contributed by atoms with E-state index < -0.39 is 17.9 Å². The standard InChI is InChI=1S/C26H38N6O8/c33-20-1-2-22-21(13-20)19(14-28-22)3-4-27-23(34)15-29-5-7-30(16-24(35)36)9-11-32(18-26(39)40)12-10-31(8-6-29)17-25(37)38/h1-2,13-14,28,33H,3-12,15-18H2,(H,27,34)(H,35,36)(H,37,38)(H,39,40). The number of carbonyl (C=O) groups excluding carboxylic acids is 1. The number of carbonyl (C=O) groups is 4. The number of fused-ring (bicyclic) bond motifs is 1. The van der Waals surface area contributed by atoms with E-state index in [2.05, 4.69) is 10.3 Å². The van der Waals surface area contributed by atoms with Gasteiger partial charge >= 0.3 is 17.9 Å². The first-order valence-electron chi connectivity index (χ1n) is 13.2. The summed E-state index contributed by atoms with van der Waals surface area (Å²) >= 11 is 0. The molecule has 1 saturated heterocycles. The fourth-order valence-corrected chi connectivity index (χ4v) is 4.75. The Hall–Kier alpha value is -3.72. The van der Waals surface area contributed by atoms with Gasteiger partial charge in [0.05, 0.1) is 26.2 Å². The van der Waals surface area contributed by atoms with Gasteiger partial charge in [-0.3, -0.25) is 38.8 Å². The van der Waals surface area contributed by atoms with Crippen LogP contribution in [0.15, 0.2) is 24.4 Å². The number of carboxylic acids is 3. The number of phenols is 1. The van der Waals surface area contributed by atoms with Crippen LogP contribution in [0.2, 0.25) is 0 Å². The number of aromatic nitrogens is 1. The van der Waals surface area contributed by atoms with E-state index in [1.807, 2.05) is 11.1 Å². The minimum Gasteiger partial charge on any atom is -0.508 e. The first-order valence-corrected chi connectivity index (χ1v) is 13.2. The predicted molar refractivity (Wildman–Crippen MR) is 145 cm³/mol. The lowest BCUT2D eigenvalue weighted by atomic mass is 10.1. The number of amides is 1. The van der Waals surface area contributed by atoms with Gasteiger partial charge < -0.3 is 30.7 Å². The number of aromatic amines is 1. The van der Waals surface area contributed by atoms with E-state index in [0.717, 1.165) is 16.5 Å². The van der Waals surface area contributed by atoms with Crippen molar-refractivity contribution in [2.75, 3.05) is 85.1 Å². The van der Waals surface area contributed by atoms with Gasteiger partial charge in [0.25, 0.3) is 0 Å². The van der Waals surface area contributed by atoms with Gasteiger partial charge in [0.15, 0.2) is 0 Å². The molecule has 1 fully saturated rings. The minimum absolute atomic E-state index is 0.0572. The Kier molecular flexibility index (Phi) is 11.7. The summed E-state index contributed by atoms with van der Waals surface area (Å²) in [6, 6.07) is 5.06. The van der Waals surface area contributed by atoms with Crippen molar-refractivity contribution in [1.82, 2.24) is 29.9 Å². The van der Waals surface area contributed by atoms with Gasteiger partial charge in [-0.1, -0.05) is 0 Å². The lowest BCUT2D eigenvalue weighted by Crippen LogP contribution is -2.49. The van der Waals surface area contributed by atoms with Crippen molar-refractivity contribution < 1.29 is 39.6 Å². The first-order chi connectivity index (χ1) is 19.1. The SMILES string of the molecule is O=C(O)CN1CCN(CC(=O)O)CCN(CC(=O)NCCc2c[nH]c3ccc(O)cc23)CCN(CC(=O)O)CC1. The van der Waals surface area contributed by atoms with Gasteiger partial charge in [-0.25, -0.2) is 0 Å². The molecule has 14 nitrogen and oxygen atoms in total. The van der Waals surface area contributed by atoms with E-state index in [-0.39, 0.29) is 37.8 Å². The van der Waals surface area contributed by atoms with Crippen molar-refractivity contribution in [3.63, 3.8) is 0 Å². The maximum absolute atomic E-state index is 12.8. The Morgan fingerprint density at radius 2 is 1.18 bits per heavy atom. The second-order valence-corrected chi connectivity index (χ2v) is 9.93. The normalized spacial score (nSPS) is 17.2. The molecule has 6 N–H and O–H groups in total. The number of aromatic hydroxyl groups is 1. The molecule has 14 heteroatoms. The number of phenolic OH excluding ortho intramolecular Hbond substituents is 1. The number of H-pyrrole nitrogens is 1. The van der Waals surface area contributed by atoms with Crippen LogP contribution >= 0.6 is 0 Å². The lowest BCUT2D eigenvalue weighted by Gasteiger charge is -2.32. The van der Waals surface area contributed by atoms with Crippen LogP contribution in [0.4, 0.5) is 0 Å². The summed E-state index contributed by atoms with van der Waals surface area (Å²) in [6.07, 6.45) is 2.40. The van der Waals surface area contributed by atoms with Crippen molar-refractivity contribution in [1.29, 1.82) is 0 Å². The van der Waals surface area contributed by atoms with E-state index in [9.17, 15) is 39.6 Å². The van der Waals surface area contributed by atoms with Crippen molar-refractivity contribution in [2.24, 2.45) is 0 Å². The maximum Gasteiger partial charge on any atom is 0.317 e. The zero-order chi connectivity index (χ0) is 29.1. The van der Waals surface area contributed by atoms with Crippen LogP contribution in [-0.4, -0.2) is 154 Å². The van der Waals surface area contributed by atoms with Gasteiger partial charge in [0.1, 0.15) is 5.75 Å². The fourth-order valence-electron chi connectivity index (χ4n) is 4.75. The van der Waals surface area contributed by atoms with Gasteiger partial charge in [-0.2, -0.15) is 0 Å². The number of benzene rings is 1. The molecular formula is C26H38N6O8. The molecular weight excluding hydrogens is 524 g/mol. The Morgan fingerprint density at radius 3 is 1.62 bits per heavy atom. The summed E-state index contributed by atoms with van der Waals surface area (Å²) in [5, 5.41) is 41.5. The maximum atomic E-state index is 12.8. The summed E-state index contributed by atoms with van der Waals surface area (Å²) in [5.74, 6) is -3.06. The average molecular weight is 563 g/mol. The van der Waals surface area contributed by atoms with Crippen LogP contribution < -0.4 is 5.32 Å². The smallest absolute Gasteiger partial charge is 0.317 e. The van der Waals surface area contributed by atoms with Crippen LogP contribution in [0.5, 0.6) is 5.75 Å². The average Bonchev–Trinajstić information content (AvgIpc) is 3.26. The summed E-state index contributed by atoms with van der Waals surface area (Å²) in [4.78, 5) is 57.1. The molecule has 1 amide bonds. The highest BCUT2D eigenvalue weighted by molar-refractivity contribution is 5.84. The molecule has 1 aliphatic heterocycles. The van der Waals surface area contributed by atoms with E-state index >= 15 is 0 Å². The second kappa shape index (κ2) is 15.2. The molecule has 2 heterocycles. The van der Waals surface area contributed by atoms with E-state index in [0.29, 0.717) is 65.3 Å². The van der Waals surface area contributed by atoms with Crippen LogP contribution in [0.1, 0.15) is 5.56 Å². The Bertz CT molecular complexity index is 1140. The molecule has 220 valence electrons. The Balaban J connectivity index is 1.62. The van der Waals surface area contributed by atoms with Crippen molar-refractivity contribution in [3.8, 4) is 5.75 Å². The number of hydrogen-bond donors (Lipinski definition) is 6. The molecule has 0 atom stereocenters. The number of nitrogens with zero attached hydrogens (tertiary/aromatic N) is 4. The van der Waals surface area contributed by atoms with Crippen LogP contribution in [0, 0.1) is 0 Å². The molecule has 0 saturated carbocycles. The van der Waals surface area contributed by atoms with Crippen molar-refractivity contribution in [3.05, 3.63) is 30.0 Å². The Labute approximate surface area is 231 Å². The third-order valence-electron chi connectivity index (χ3n) is 6.84. The number of nitrogens with one attached hydrogen (secondary N) is 2. The zero-order valence-electron chi connectivity index (χ0n) is 22.4. The molecule has 3 rings (SSSR count). The molecule has 0 spiro atoms. The highest BCUT2D eigenvalue weighted by atomic mass is 16.4. The van der Waals surface area contributed by atoms with Crippen molar-refractivity contribution in [2.45, 2.75) is 6.42 Å². The van der Waals surface area contributed by atoms with E-state index in [1.54, 1.807) is 32.9 Å². The number of carboxylic acid groups (broad SMARTS) is 3. The van der Waals surface area contributed by atoms with Crippen LogP contribution in [-0.2, 0) is 25.6 Å². The monoisotopic (exact) mass is 562 g/mol. The fraction of sp³-hybridized carbons (Fsp3) is 0.538. The first kappa shape index (κ1) is 30.8. The largest absolute Gasteiger partial charge is 0.508 e. The van der Waals surface area contributed by atoms with Gasteiger partial charge in [0.2, 0.25) is 5.91 Å². The predicted octanol–water partition coefficient (Wildman–Crippen LogP) is -0.992. The molecule has 0 radical (unpaired) electrons. The molecule has 2 aromatic rings. The third-order valence-corrected chi connectivity index (χ3v) is 6.84. The number of hydrogen-bond acceptors (Lipinski definition) is 9. The summed E-state index contributed by atoms with van der Waals surface area (Å²) in [6.45, 7) is 2.48. The topological polar surface area (TPSA) is 190 Å². The highest BCUT2D eigenvalue weighted by Crippen LogP contribution is 2.23. The summed E-state index contributed by atoms with van der Waals surface area (Å²) < 4.78 is 0.